The summed E-state index contributed by atoms with van der Waals surface area (Å²) >= 11 is 0. The summed E-state index contributed by atoms with van der Waals surface area (Å²) in [5.74, 6) is 0. The van der Waals surface area contributed by atoms with Crippen LogP contribution in [0.3, 0.4) is 0 Å². The molecule has 1 aliphatic rings. The Morgan fingerprint density at radius 2 is 1.17 bits per heavy atom. The highest BCUT2D eigenvalue weighted by Gasteiger charge is 2.37. The van der Waals surface area contributed by atoms with Crippen LogP contribution in [0.1, 0.15) is 30.5 Å². The van der Waals surface area contributed by atoms with Crippen molar-refractivity contribution < 1.29 is 0 Å². The lowest BCUT2D eigenvalue weighted by Gasteiger charge is -2.24. The van der Waals surface area contributed by atoms with Crippen molar-refractivity contribution in [3.8, 4) is 33.4 Å². The lowest BCUT2D eigenvalue weighted by Crippen LogP contribution is -2.16. The molecule has 0 saturated heterocycles. The van der Waals surface area contributed by atoms with Gasteiger partial charge in [-0.3, -0.25) is 0 Å². The summed E-state index contributed by atoms with van der Waals surface area (Å²) in [5.41, 5.74) is 13.9. The van der Waals surface area contributed by atoms with E-state index in [1.165, 1.54) is 50.1 Å². The molecule has 170 valence electrons. The van der Waals surface area contributed by atoms with Crippen LogP contribution in [0.15, 0.2) is 115 Å². The Bertz CT molecular complexity index is 1530. The van der Waals surface area contributed by atoms with E-state index in [0.717, 1.165) is 11.4 Å². The molecule has 0 aliphatic heterocycles. The molecular formula is C34H29N. The zero-order chi connectivity index (χ0) is 24.0. The molecule has 1 N–H and O–H groups in total. The van der Waals surface area contributed by atoms with Crippen LogP contribution in [0.5, 0.6) is 0 Å². The fourth-order valence-electron chi connectivity index (χ4n) is 5.74. The summed E-state index contributed by atoms with van der Waals surface area (Å²) < 4.78 is 0. The number of hydrogen-bond acceptors (Lipinski definition) is 1. The zero-order valence-corrected chi connectivity index (χ0v) is 20.5. The maximum atomic E-state index is 3.86. The topological polar surface area (TPSA) is 12.0 Å². The summed E-state index contributed by atoms with van der Waals surface area (Å²) in [6.07, 6.45) is 0. The first kappa shape index (κ1) is 21.4. The molecule has 0 saturated carbocycles. The monoisotopic (exact) mass is 451 g/mol. The molecule has 1 nitrogen and oxygen atoms in total. The Morgan fingerprint density at radius 1 is 0.543 bits per heavy atom. The maximum Gasteiger partial charge on any atom is 0.0467 e. The number of anilines is 2. The predicted molar refractivity (Wildman–Crippen MR) is 149 cm³/mol. The molecular weight excluding hydrogens is 422 g/mol. The highest BCUT2D eigenvalue weighted by Crippen LogP contribution is 2.53. The molecule has 0 aromatic heterocycles. The predicted octanol–water partition coefficient (Wildman–Crippen LogP) is 9.38. The second-order valence-electron chi connectivity index (χ2n) is 9.97. The molecule has 5 aromatic carbocycles. The third-order valence-corrected chi connectivity index (χ3v) is 7.39. The molecule has 5 aromatic rings. The van der Waals surface area contributed by atoms with Crippen molar-refractivity contribution >= 4 is 11.4 Å². The molecule has 0 heterocycles. The Hall–Kier alpha value is -4.10. The van der Waals surface area contributed by atoms with Gasteiger partial charge in [0.25, 0.3) is 0 Å². The molecule has 0 bridgehead atoms. The number of rotatable bonds is 4. The van der Waals surface area contributed by atoms with Gasteiger partial charge < -0.3 is 5.32 Å². The first-order chi connectivity index (χ1) is 17.0. The number of benzene rings is 5. The molecule has 35 heavy (non-hydrogen) atoms. The molecule has 0 spiro atoms. The number of hydrogen-bond donors (Lipinski definition) is 1. The van der Waals surface area contributed by atoms with Gasteiger partial charge in [-0.2, -0.15) is 0 Å². The van der Waals surface area contributed by atoms with Gasteiger partial charge in [0.1, 0.15) is 0 Å². The van der Waals surface area contributed by atoms with Gasteiger partial charge in [0, 0.05) is 27.9 Å². The zero-order valence-electron chi connectivity index (χ0n) is 20.5. The number of nitrogens with one attached hydrogen (secondary N) is 1. The molecule has 0 atom stereocenters. The van der Waals surface area contributed by atoms with Crippen LogP contribution in [0, 0.1) is 6.92 Å². The van der Waals surface area contributed by atoms with Crippen LogP contribution >= 0.6 is 0 Å². The van der Waals surface area contributed by atoms with Gasteiger partial charge in [-0.25, -0.2) is 0 Å². The average Bonchev–Trinajstić information content (AvgIpc) is 3.15. The van der Waals surface area contributed by atoms with E-state index in [2.05, 4.69) is 141 Å². The Morgan fingerprint density at radius 3 is 1.91 bits per heavy atom. The van der Waals surface area contributed by atoms with Crippen LogP contribution in [0.25, 0.3) is 33.4 Å². The van der Waals surface area contributed by atoms with E-state index < -0.39 is 0 Å². The lowest BCUT2D eigenvalue weighted by molar-refractivity contribution is 0.656. The van der Waals surface area contributed by atoms with Crippen molar-refractivity contribution in [2.45, 2.75) is 26.2 Å². The second kappa shape index (κ2) is 8.29. The Labute approximate surface area is 208 Å². The summed E-state index contributed by atoms with van der Waals surface area (Å²) in [6, 6.07) is 41.4. The minimum Gasteiger partial charge on any atom is -0.355 e. The van der Waals surface area contributed by atoms with Gasteiger partial charge in [0.2, 0.25) is 0 Å². The van der Waals surface area contributed by atoms with Crippen LogP contribution < -0.4 is 5.32 Å². The van der Waals surface area contributed by atoms with Gasteiger partial charge in [-0.1, -0.05) is 111 Å². The average molecular weight is 452 g/mol. The molecule has 6 rings (SSSR count). The van der Waals surface area contributed by atoms with Gasteiger partial charge >= 0.3 is 0 Å². The van der Waals surface area contributed by atoms with Gasteiger partial charge in [-0.05, 0) is 64.1 Å². The van der Waals surface area contributed by atoms with Crippen molar-refractivity contribution in [3.05, 3.63) is 132 Å². The van der Waals surface area contributed by atoms with Crippen LogP contribution in [0.2, 0.25) is 0 Å². The van der Waals surface area contributed by atoms with E-state index in [1.807, 2.05) is 0 Å². The van der Waals surface area contributed by atoms with Crippen molar-refractivity contribution in [1.82, 2.24) is 0 Å². The first-order valence-electron chi connectivity index (χ1n) is 12.3. The van der Waals surface area contributed by atoms with Crippen LogP contribution in [-0.4, -0.2) is 0 Å². The van der Waals surface area contributed by atoms with Gasteiger partial charge in [-0.15, -0.1) is 0 Å². The highest BCUT2D eigenvalue weighted by molar-refractivity contribution is 5.94. The summed E-state index contributed by atoms with van der Waals surface area (Å²) in [4.78, 5) is 0. The van der Waals surface area contributed by atoms with E-state index in [1.54, 1.807) is 0 Å². The standard InChI is InChI=1S/C34H29N/c1-23-18-20-31(32-27-16-10-11-17-29(27)34(2,3)33(23)32)35-30-21-19-26(24-12-6-4-7-13-24)22-28(30)25-14-8-5-9-15-25/h4-22,35H,1-3H3. The normalized spacial score (nSPS) is 13.2. The fourth-order valence-corrected chi connectivity index (χ4v) is 5.74. The minimum absolute atomic E-state index is 0.0207. The second-order valence-corrected chi connectivity index (χ2v) is 9.97. The van der Waals surface area contributed by atoms with E-state index >= 15 is 0 Å². The summed E-state index contributed by atoms with van der Waals surface area (Å²) in [7, 11) is 0. The van der Waals surface area contributed by atoms with E-state index in [-0.39, 0.29) is 5.41 Å². The lowest BCUT2D eigenvalue weighted by atomic mass is 9.80. The molecule has 0 radical (unpaired) electrons. The first-order valence-corrected chi connectivity index (χ1v) is 12.3. The van der Waals surface area contributed by atoms with Gasteiger partial charge in [0.05, 0.1) is 0 Å². The molecule has 1 aliphatic carbocycles. The molecule has 0 amide bonds. The highest BCUT2D eigenvalue weighted by atomic mass is 14.9. The quantitative estimate of drug-likeness (QED) is 0.287. The number of fused-ring (bicyclic) bond motifs is 3. The SMILES string of the molecule is Cc1ccc(Nc2ccc(-c3ccccc3)cc2-c2ccccc2)c2c1C(C)(C)c1ccccc1-2. The van der Waals surface area contributed by atoms with Crippen molar-refractivity contribution in [3.63, 3.8) is 0 Å². The maximum absolute atomic E-state index is 3.86. The van der Waals surface area contributed by atoms with Crippen molar-refractivity contribution in [1.29, 1.82) is 0 Å². The minimum atomic E-state index is -0.0207. The smallest absolute Gasteiger partial charge is 0.0467 e. The van der Waals surface area contributed by atoms with Gasteiger partial charge in [0.15, 0.2) is 0 Å². The van der Waals surface area contributed by atoms with E-state index in [4.69, 9.17) is 0 Å². The largest absolute Gasteiger partial charge is 0.355 e. The molecule has 0 unspecified atom stereocenters. The molecule has 0 fully saturated rings. The third kappa shape index (κ3) is 3.56. The Balaban J connectivity index is 1.52. The summed E-state index contributed by atoms with van der Waals surface area (Å²) in [5, 5.41) is 3.86. The number of aryl methyl sites for hydroxylation is 1. The fraction of sp³-hybridized carbons (Fsp3) is 0.118. The van der Waals surface area contributed by atoms with Crippen molar-refractivity contribution in [2.24, 2.45) is 0 Å². The summed E-state index contributed by atoms with van der Waals surface area (Å²) in [6.45, 7) is 6.93. The van der Waals surface area contributed by atoms with E-state index in [9.17, 15) is 0 Å². The van der Waals surface area contributed by atoms with Crippen LogP contribution in [-0.2, 0) is 5.41 Å². The van der Waals surface area contributed by atoms with E-state index in [0.29, 0.717) is 0 Å². The van der Waals surface area contributed by atoms with Crippen molar-refractivity contribution in [2.75, 3.05) is 5.32 Å². The Kier molecular flexibility index (Phi) is 5.07. The van der Waals surface area contributed by atoms with Crippen LogP contribution in [0.4, 0.5) is 11.4 Å². The third-order valence-electron chi connectivity index (χ3n) is 7.39. The molecule has 1 heteroatoms.